The molecular formula is C21H25N5O3. The minimum atomic E-state index is -0.713. The van der Waals surface area contributed by atoms with Gasteiger partial charge in [0.2, 0.25) is 0 Å². The predicted octanol–water partition coefficient (Wildman–Crippen LogP) is 2.36. The molecule has 1 amide bonds. The molecular weight excluding hydrogens is 370 g/mol. The maximum Gasteiger partial charge on any atom is 0.327 e. The second-order valence-electron chi connectivity index (χ2n) is 8.46. The van der Waals surface area contributed by atoms with Crippen molar-refractivity contribution in [3.05, 3.63) is 46.0 Å². The van der Waals surface area contributed by atoms with Gasteiger partial charge in [0.1, 0.15) is 5.52 Å². The number of nitrogens with zero attached hydrogens (tertiary/aromatic N) is 3. The first-order valence-electron chi connectivity index (χ1n) is 9.77. The Morgan fingerprint density at radius 2 is 2.00 bits per heavy atom. The highest BCUT2D eigenvalue weighted by Gasteiger charge is 2.23. The summed E-state index contributed by atoms with van der Waals surface area (Å²) in [5.74, 6) is -0.359. The molecule has 3 aromatic rings. The van der Waals surface area contributed by atoms with Gasteiger partial charge in [0, 0.05) is 12.2 Å². The third-order valence-corrected chi connectivity index (χ3v) is 5.28. The molecule has 1 aromatic carbocycles. The Hall–Kier alpha value is -3.00. The van der Waals surface area contributed by atoms with E-state index in [0.717, 1.165) is 18.4 Å². The summed E-state index contributed by atoms with van der Waals surface area (Å²) in [7, 11) is 0. The summed E-state index contributed by atoms with van der Waals surface area (Å²) in [6.45, 7) is 7.48. The van der Waals surface area contributed by atoms with Crippen LogP contribution in [0.2, 0.25) is 0 Å². The number of nitrogens with two attached hydrogens (primary N) is 1. The molecule has 1 fully saturated rings. The molecule has 0 spiro atoms. The zero-order chi connectivity index (χ0) is 20.8. The van der Waals surface area contributed by atoms with E-state index < -0.39 is 5.91 Å². The quantitative estimate of drug-likeness (QED) is 0.703. The number of fused-ring (bicyclic) bond motifs is 1. The number of primary amides is 1. The van der Waals surface area contributed by atoms with E-state index in [9.17, 15) is 9.59 Å². The van der Waals surface area contributed by atoms with Gasteiger partial charge in [-0.1, -0.05) is 45.0 Å². The fraction of sp³-hybridized carbons (Fsp3) is 0.429. The topological polar surface area (TPSA) is 116 Å². The molecule has 4 rings (SSSR count). The SMILES string of the molecule is CC(C)(C)c1ccc(-c2nc(C(N)=O)c3[nH]c(=O)n(CC4CCCO4)c3n2)cc1. The van der Waals surface area contributed by atoms with Crippen molar-refractivity contribution in [3.8, 4) is 11.4 Å². The van der Waals surface area contributed by atoms with E-state index in [1.54, 1.807) is 0 Å². The van der Waals surface area contributed by atoms with Crippen molar-refractivity contribution >= 4 is 17.1 Å². The first-order chi connectivity index (χ1) is 13.7. The van der Waals surface area contributed by atoms with E-state index in [4.69, 9.17) is 10.5 Å². The van der Waals surface area contributed by atoms with E-state index in [1.807, 2.05) is 24.3 Å². The number of hydrogen-bond donors (Lipinski definition) is 2. The molecule has 29 heavy (non-hydrogen) atoms. The Labute approximate surface area is 168 Å². The molecule has 8 nitrogen and oxygen atoms in total. The zero-order valence-electron chi connectivity index (χ0n) is 16.9. The molecule has 0 aliphatic carbocycles. The first-order valence-corrected chi connectivity index (χ1v) is 9.77. The van der Waals surface area contributed by atoms with Gasteiger partial charge in [0.15, 0.2) is 17.2 Å². The van der Waals surface area contributed by atoms with Crippen LogP contribution in [0.4, 0.5) is 0 Å². The third kappa shape index (κ3) is 3.67. The van der Waals surface area contributed by atoms with Crippen LogP contribution in [-0.2, 0) is 16.7 Å². The Morgan fingerprint density at radius 3 is 2.59 bits per heavy atom. The molecule has 1 aliphatic rings. The Kier molecular flexibility index (Phi) is 4.74. The monoisotopic (exact) mass is 395 g/mol. The second kappa shape index (κ2) is 7.11. The number of aromatic amines is 1. The summed E-state index contributed by atoms with van der Waals surface area (Å²) < 4.78 is 7.17. The summed E-state index contributed by atoms with van der Waals surface area (Å²) in [6.07, 6.45) is 1.80. The number of carbonyl (C=O) groups is 1. The molecule has 8 heteroatoms. The van der Waals surface area contributed by atoms with Crippen LogP contribution >= 0.6 is 0 Å². The van der Waals surface area contributed by atoms with Gasteiger partial charge in [-0.25, -0.2) is 14.8 Å². The third-order valence-electron chi connectivity index (χ3n) is 5.28. The van der Waals surface area contributed by atoms with Gasteiger partial charge in [0.05, 0.1) is 12.6 Å². The molecule has 1 unspecified atom stereocenters. The number of H-pyrrole nitrogens is 1. The lowest BCUT2D eigenvalue weighted by atomic mass is 9.87. The summed E-state index contributed by atoms with van der Waals surface area (Å²) in [5.41, 5.74) is 7.77. The Bertz CT molecular complexity index is 1120. The van der Waals surface area contributed by atoms with Crippen molar-refractivity contribution < 1.29 is 9.53 Å². The van der Waals surface area contributed by atoms with E-state index in [1.165, 1.54) is 10.1 Å². The molecule has 1 atom stereocenters. The van der Waals surface area contributed by atoms with E-state index in [-0.39, 0.29) is 28.4 Å². The number of nitrogens with one attached hydrogen (secondary N) is 1. The van der Waals surface area contributed by atoms with Gasteiger partial charge in [-0.3, -0.25) is 9.36 Å². The fourth-order valence-electron chi connectivity index (χ4n) is 3.62. The highest BCUT2D eigenvalue weighted by atomic mass is 16.5. The number of rotatable bonds is 4. The van der Waals surface area contributed by atoms with Crippen molar-refractivity contribution in [1.29, 1.82) is 0 Å². The molecule has 1 aliphatic heterocycles. The van der Waals surface area contributed by atoms with Crippen molar-refractivity contribution in [2.24, 2.45) is 5.73 Å². The Balaban J connectivity index is 1.84. The molecule has 2 aromatic heterocycles. The van der Waals surface area contributed by atoms with Gasteiger partial charge < -0.3 is 15.5 Å². The zero-order valence-corrected chi connectivity index (χ0v) is 16.9. The fourth-order valence-corrected chi connectivity index (χ4v) is 3.62. The largest absolute Gasteiger partial charge is 0.376 e. The number of aromatic nitrogens is 4. The number of hydrogen-bond acceptors (Lipinski definition) is 5. The van der Waals surface area contributed by atoms with Crippen LogP contribution in [-0.4, -0.2) is 38.1 Å². The molecule has 1 saturated heterocycles. The number of benzene rings is 1. The van der Waals surface area contributed by atoms with Gasteiger partial charge in [-0.05, 0) is 23.8 Å². The molecule has 152 valence electrons. The lowest BCUT2D eigenvalue weighted by molar-refractivity contribution is 0.0970. The molecule has 0 bridgehead atoms. The molecule has 0 saturated carbocycles. The van der Waals surface area contributed by atoms with Crippen molar-refractivity contribution in [2.75, 3.05) is 6.61 Å². The lowest BCUT2D eigenvalue weighted by Gasteiger charge is -2.19. The van der Waals surface area contributed by atoms with Crippen molar-refractivity contribution in [3.63, 3.8) is 0 Å². The smallest absolute Gasteiger partial charge is 0.327 e. The summed E-state index contributed by atoms with van der Waals surface area (Å²) >= 11 is 0. The van der Waals surface area contributed by atoms with Crippen LogP contribution in [0, 0.1) is 0 Å². The Morgan fingerprint density at radius 1 is 1.28 bits per heavy atom. The van der Waals surface area contributed by atoms with Gasteiger partial charge >= 0.3 is 5.69 Å². The highest BCUT2D eigenvalue weighted by Crippen LogP contribution is 2.26. The standard InChI is InChI=1S/C21H25N5O3/c1-21(2,3)13-8-6-12(7-9-13)18-23-15(17(22)27)16-19(25-18)26(20(28)24-16)11-14-5-4-10-29-14/h6-9,14H,4-5,10-11H2,1-3H3,(H2,22,27)(H,24,28). The number of carbonyl (C=O) groups excluding carboxylic acids is 1. The maximum absolute atomic E-state index is 12.5. The number of ether oxygens (including phenoxy) is 1. The van der Waals surface area contributed by atoms with E-state index >= 15 is 0 Å². The first kappa shape index (κ1) is 19.3. The van der Waals surface area contributed by atoms with Gasteiger partial charge in [-0.15, -0.1) is 0 Å². The van der Waals surface area contributed by atoms with Crippen molar-refractivity contribution in [1.82, 2.24) is 19.5 Å². The van der Waals surface area contributed by atoms with Crippen LogP contribution in [0.1, 0.15) is 49.7 Å². The summed E-state index contributed by atoms with van der Waals surface area (Å²) in [5, 5.41) is 0. The van der Waals surface area contributed by atoms with Crippen LogP contribution in [0.25, 0.3) is 22.6 Å². The van der Waals surface area contributed by atoms with E-state index in [0.29, 0.717) is 24.6 Å². The van der Waals surface area contributed by atoms with Crippen LogP contribution in [0.15, 0.2) is 29.1 Å². The minimum Gasteiger partial charge on any atom is -0.376 e. The highest BCUT2D eigenvalue weighted by molar-refractivity contribution is 6.01. The normalized spacial score (nSPS) is 17.1. The summed E-state index contributed by atoms with van der Waals surface area (Å²) in [6, 6.07) is 7.87. The average Bonchev–Trinajstić information content (AvgIpc) is 3.29. The van der Waals surface area contributed by atoms with Crippen LogP contribution in [0.5, 0.6) is 0 Å². The predicted molar refractivity (Wildman–Crippen MR) is 110 cm³/mol. The van der Waals surface area contributed by atoms with E-state index in [2.05, 4.69) is 35.7 Å². The van der Waals surface area contributed by atoms with Crippen LogP contribution in [0.3, 0.4) is 0 Å². The second-order valence-corrected chi connectivity index (χ2v) is 8.46. The van der Waals surface area contributed by atoms with Crippen LogP contribution < -0.4 is 11.4 Å². The molecule has 0 radical (unpaired) electrons. The summed E-state index contributed by atoms with van der Waals surface area (Å²) in [4.78, 5) is 36.2. The lowest BCUT2D eigenvalue weighted by Crippen LogP contribution is -2.24. The minimum absolute atomic E-state index is 0.00749. The maximum atomic E-state index is 12.5. The van der Waals surface area contributed by atoms with Gasteiger partial charge in [0.25, 0.3) is 5.91 Å². The average molecular weight is 395 g/mol. The molecule has 3 heterocycles. The number of amides is 1. The van der Waals surface area contributed by atoms with Gasteiger partial charge in [-0.2, -0.15) is 0 Å². The number of imidazole rings is 1. The molecule has 3 N–H and O–H groups in total. The van der Waals surface area contributed by atoms with Crippen molar-refractivity contribution in [2.45, 2.75) is 51.7 Å².